The van der Waals surface area contributed by atoms with Crippen LogP contribution in [0.4, 0.5) is 0 Å². The first-order valence-corrected chi connectivity index (χ1v) is 8.34. The van der Waals surface area contributed by atoms with E-state index in [9.17, 15) is 0 Å². The van der Waals surface area contributed by atoms with Crippen LogP contribution >= 0.6 is 0 Å². The fourth-order valence-corrected chi connectivity index (χ4v) is 7.12. The van der Waals surface area contributed by atoms with E-state index in [1.807, 2.05) is 12.1 Å². The third-order valence-corrected chi connectivity index (χ3v) is 8.43. The number of rotatable bonds is 1. The minimum absolute atomic E-state index is 0.385. The second kappa shape index (κ2) is 3.60. The van der Waals surface area contributed by atoms with Gasteiger partial charge in [0.05, 0.1) is 0 Å². The van der Waals surface area contributed by atoms with E-state index in [1.165, 1.54) is 20.9 Å². The van der Waals surface area contributed by atoms with E-state index in [0.717, 1.165) is 0 Å². The number of hydrogen-bond acceptors (Lipinski definition) is 1. The summed E-state index contributed by atoms with van der Waals surface area (Å²) in [6, 6.07) is 7.80. The molecule has 0 aromatic heterocycles. The standard InChI is InChI=1S/C10H12OTe/c11-9-3-5-10(6-4-9)12-7-1-2-8-12/h3-7,11H,1-2,8H2. The van der Waals surface area contributed by atoms with E-state index >= 15 is 0 Å². The second-order valence-electron chi connectivity index (χ2n) is 2.94. The molecule has 1 heterocycles. The van der Waals surface area contributed by atoms with E-state index in [1.54, 1.807) is 0 Å². The Balaban J connectivity index is 2.28. The van der Waals surface area contributed by atoms with Crippen molar-refractivity contribution in [3.8, 4) is 5.75 Å². The maximum absolute atomic E-state index is 9.11. The number of aromatic hydroxyl groups is 1. The molecule has 0 saturated carbocycles. The summed E-state index contributed by atoms with van der Waals surface area (Å²) >= 11 is -0.993. The Morgan fingerprint density at radius 2 is 1.92 bits per heavy atom. The molecule has 0 radical (unpaired) electrons. The zero-order chi connectivity index (χ0) is 8.39. The summed E-state index contributed by atoms with van der Waals surface area (Å²) in [6.07, 6.45) is 2.70. The fraction of sp³-hybridized carbons (Fsp3) is 0.300. The van der Waals surface area contributed by atoms with E-state index in [0.29, 0.717) is 5.75 Å². The van der Waals surface area contributed by atoms with Crippen molar-refractivity contribution in [2.24, 2.45) is 0 Å². The van der Waals surface area contributed by atoms with Gasteiger partial charge < -0.3 is 0 Å². The first-order chi connectivity index (χ1) is 5.86. The Morgan fingerprint density at radius 1 is 1.17 bits per heavy atom. The van der Waals surface area contributed by atoms with Crippen LogP contribution in [0.15, 0.2) is 24.3 Å². The Morgan fingerprint density at radius 3 is 2.50 bits per heavy atom. The molecule has 0 bridgehead atoms. The van der Waals surface area contributed by atoms with Crippen LogP contribution in [-0.4, -0.2) is 28.2 Å². The van der Waals surface area contributed by atoms with E-state index in [-0.39, 0.29) is 0 Å². The number of phenolic OH excluding ortho intramolecular Hbond substituents is 1. The Hall–Kier alpha value is -0.320. The summed E-state index contributed by atoms with van der Waals surface area (Å²) in [7, 11) is 0. The van der Waals surface area contributed by atoms with E-state index in [4.69, 9.17) is 5.11 Å². The monoisotopic (exact) mass is 278 g/mol. The maximum atomic E-state index is 9.11. The molecule has 0 unspecified atom stereocenters. The minimum atomic E-state index is -0.993. The van der Waals surface area contributed by atoms with Crippen molar-refractivity contribution in [1.82, 2.24) is 0 Å². The van der Waals surface area contributed by atoms with Crippen LogP contribution in [0.5, 0.6) is 5.75 Å². The molecular weight excluding hydrogens is 264 g/mol. The van der Waals surface area contributed by atoms with Gasteiger partial charge in [0, 0.05) is 0 Å². The second-order valence-corrected chi connectivity index (χ2v) is 8.85. The molecule has 1 aromatic carbocycles. The molecule has 1 aliphatic heterocycles. The number of benzene rings is 1. The number of phenols is 1. The molecule has 0 saturated heterocycles. The van der Waals surface area contributed by atoms with Crippen LogP contribution in [0, 0.1) is 0 Å². The summed E-state index contributed by atoms with van der Waals surface area (Å²) in [5, 5.41) is 9.11. The normalized spacial score (nSPS) is 17.7. The van der Waals surface area contributed by atoms with Crippen LogP contribution in [0.25, 0.3) is 0 Å². The third-order valence-electron chi connectivity index (χ3n) is 2.03. The van der Waals surface area contributed by atoms with Gasteiger partial charge in [0.2, 0.25) is 0 Å². The van der Waals surface area contributed by atoms with Crippen LogP contribution in [0.1, 0.15) is 12.8 Å². The van der Waals surface area contributed by atoms with Gasteiger partial charge in [-0.2, -0.15) is 0 Å². The topological polar surface area (TPSA) is 20.2 Å². The van der Waals surface area contributed by atoms with Crippen molar-refractivity contribution in [2.45, 2.75) is 17.3 Å². The average Bonchev–Trinajstić information content (AvgIpc) is 2.58. The van der Waals surface area contributed by atoms with Gasteiger partial charge in [-0.05, 0) is 0 Å². The summed E-state index contributed by atoms with van der Waals surface area (Å²) in [5.41, 5.74) is 0. The van der Waals surface area contributed by atoms with Crippen molar-refractivity contribution in [3.05, 3.63) is 24.3 Å². The van der Waals surface area contributed by atoms with Crippen LogP contribution in [0.3, 0.4) is 0 Å². The van der Waals surface area contributed by atoms with Gasteiger partial charge in [0.25, 0.3) is 0 Å². The predicted molar refractivity (Wildman–Crippen MR) is 53.6 cm³/mol. The molecule has 1 N–H and O–H groups in total. The molecule has 0 amide bonds. The zero-order valence-electron chi connectivity index (χ0n) is 6.86. The molecule has 12 heavy (non-hydrogen) atoms. The number of hydrogen-bond donors (Lipinski definition) is 1. The molecule has 1 aliphatic rings. The summed E-state index contributed by atoms with van der Waals surface area (Å²) in [4.78, 5) is 0. The van der Waals surface area contributed by atoms with Crippen molar-refractivity contribution >= 4 is 26.7 Å². The molecular formula is C10H12OTe. The van der Waals surface area contributed by atoms with Crippen LogP contribution in [0.2, 0.25) is 4.47 Å². The average molecular weight is 276 g/mol. The molecule has 2 heteroatoms. The van der Waals surface area contributed by atoms with Gasteiger partial charge in [-0.15, -0.1) is 0 Å². The summed E-state index contributed by atoms with van der Waals surface area (Å²) in [5.74, 6) is 0.385. The first-order valence-electron chi connectivity index (χ1n) is 4.18. The van der Waals surface area contributed by atoms with E-state index in [2.05, 4.69) is 16.2 Å². The SMILES string of the molecule is Oc1ccc([Te]2=CCCC2)cc1. The van der Waals surface area contributed by atoms with Gasteiger partial charge in [-0.3, -0.25) is 0 Å². The van der Waals surface area contributed by atoms with Crippen molar-refractivity contribution in [1.29, 1.82) is 0 Å². The molecule has 0 aliphatic carbocycles. The Bertz CT molecular complexity index is 300. The zero-order valence-corrected chi connectivity index (χ0v) is 9.19. The van der Waals surface area contributed by atoms with E-state index < -0.39 is 19.1 Å². The summed E-state index contributed by atoms with van der Waals surface area (Å²) < 4.78 is 5.48. The van der Waals surface area contributed by atoms with Crippen LogP contribution in [-0.2, 0) is 0 Å². The third kappa shape index (κ3) is 1.71. The van der Waals surface area contributed by atoms with Crippen LogP contribution < -0.4 is 3.61 Å². The summed E-state index contributed by atoms with van der Waals surface area (Å²) in [6.45, 7) is 0. The molecule has 1 nitrogen and oxygen atoms in total. The van der Waals surface area contributed by atoms with Gasteiger partial charge in [0.15, 0.2) is 0 Å². The molecule has 0 atom stereocenters. The van der Waals surface area contributed by atoms with Crippen molar-refractivity contribution in [2.75, 3.05) is 0 Å². The quantitative estimate of drug-likeness (QED) is 0.766. The fourth-order valence-electron chi connectivity index (χ4n) is 1.38. The molecule has 64 valence electrons. The molecule has 0 spiro atoms. The molecule has 2 rings (SSSR count). The van der Waals surface area contributed by atoms with Gasteiger partial charge in [-0.1, -0.05) is 0 Å². The van der Waals surface area contributed by atoms with Gasteiger partial charge >= 0.3 is 79.2 Å². The molecule has 1 aromatic rings. The van der Waals surface area contributed by atoms with Gasteiger partial charge in [-0.25, -0.2) is 0 Å². The van der Waals surface area contributed by atoms with Crippen molar-refractivity contribution < 1.29 is 5.11 Å². The van der Waals surface area contributed by atoms with Gasteiger partial charge in [0.1, 0.15) is 0 Å². The molecule has 0 fully saturated rings. The first kappa shape index (κ1) is 8.29. The Labute approximate surface area is 79.2 Å². The predicted octanol–water partition coefficient (Wildman–Crippen LogP) is 1.27. The van der Waals surface area contributed by atoms with Crippen molar-refractivity contribution in [3.63, 3.8) is 0 Å². The Kier molecular flexibility index (Phi) is 2.48.